The highest BCUT2D eigenvalue weighted by Gasteiger charge is 2.45. The van der Waals surface area contributed by atoms with Crippen molar-refractivity contribution >= 4 is 17.7 Å². The van der Waals surface area contributed by atoms with E-state index in [4.69, 9.17) is 9.47 Å². The average Bonchev–Trinajstić information content (AvgIpc) is 2.52. The monoisotopic (exact) mass is 350 g/mol. The first-order chi connectivity index (χ1) is 11.4. The van der Waals surface area contributed by atoms with Gasteiger partial charge in [0.2, 0.25) is 0 Å². The Balaban J connectivity index is 3.13. The molecule has 0 heterocycles. The predicted molar refractivity (Wildman–Crippen MR) is 92.5 cm³/mol. The number of esters is 2. The lowest BCUT2D eigenvalue weighted by atomic mass is 9.63. The van der Waals surface area contributed by atoms with E-state index < -0.39 is 28.9 Å². The van der Waals surface area contributed by atoms with E-state index in [-0.39, 0.29) is 19.0 Å². The Kier molecular flexibility index (Phi) is 6.48. The molecule has 0 amide bonds. The minimum atomic E-state index is -1.48. The number of rotatable bonds is 7. The molecule has 25 heavy (non-hydrogen) atoms. The molecule has 6 nitrogen and oxygen atoms in total. The van der Waals surface area contributed by atoms with Crippen LogP contribution in [-0.4, -0.2) is 41.6 Å². The summed E-state index contributed by atoms with van der Waals surface area (Å²) < 4.78 is 9.89. The molecule has 0 spiro atoms. The van der Waals surface area contributed by atoms with Crippen molar-refractivity contribution in [1.82, 2.24) is 0 Å². The molecule has 0 aromatic rings. The zero-order valence-electron chi connectivity index (χ0n) is 15.3. The van der Waals surface area contributed by atoms with Crippen LogP contribution in [0.3, 0.4) is 0 Å². The van der Waals surface area contributed by atoms with Gasteiger partial charge >= 0.3 is 11.9 Å². The number of hydrogen-bond acceptors (Lipinski definition) is 6. The van der Waals surface area contributed by atoms with E-state index in [2.05, 4.69) is 13.2 Å². The van der Waals surface area contributed by atoms with Gasteiger partial charge in [0, 0.05) is 19.8 Å². The highest BCUT2D eigenvalue weighted by molar-refractivity contribution is 5.98. The second-order valence-corrected chi connectivity index (χ2v) is 6.77. The number of hydrogen-bond donors (Lipinski definition) is 1. The van der Waals surface area contributed by atoms with Crippen LogP contribution in [0.25, 0.3) is 0 Å². The van der Waals surface area contributed by atoms with Crippen molar-refractivity contribution in [2.45, 2.75) is 39.7 Å². The minimum absolute atomic E-state index is 0.0178. The summed E-state index contributed by atoms with van der Waals surface area (Å²) in [4.78, 5) is 34.7. The summed E-state index contributed by atoms with van der Waals surface area (Å²) >= 11 is 0. The fourth-order valence-electron chi connectivity index (χ4n) is 2.79. The second-order valence-electron chi connectivity index (χ2n) is 6.77. The fourth-order valence-corrected chi connectivity index (χ4v) is 2.79. The van der Waals surface area contributed by atoms with Crippen LogP contribution in [0.1, 0.15) is 34.1 Å². The van der Waals surface area contributed by atoms with Crippen LogP contribution in [0.4, 0.5) is 0 Å². The van der Waals surface area contributed by atoms with Crippen LogP contribution >= 0.6 is 0 Å². The molecule has 0 aromatic carbocycles. The summed E-state index contributed by atoms with van der Waals surface area (Å²) in [6.07, 6.45) is 3.23. The van der Waals surface area contributed by atoms with Crippen LogP contribution in [0.2, 0.25) is 0 Å². The van der Waals surface area contributed by atoms with Crippen LogP contribution in [0, 0.1) is 11.3 Å². The normalized spacial score (nSPS) is 25.4. The molecule has 3 atom stereocenters. The van der Waals surface area contributed by atoms with E-state index in [1.165, 1.54) is 26.8 Å². The second kappa shape index (κ2) is 7.78. The van der Waals surface area contributed by atoms with Crippen molar-refractivity contribution < 1.29 is 29.0 Å². The Hall–Kier alpha value is -2.21. The third kappa shape index (κ3) is 4.89. The quantitative estimate of drug-likeness (QED) is 0.559. The van der Waals surface area contributed by atoms with Gasteiger partial charge in [0.15, 0.2) is 5.78 Å². The third-order valence-electron chi connectivity index (χ3n) is 4.61. The van der Waals surface area contributed by atoms with Crippen molar-refractivity contribution in [3.05, 3.63) is 36.5 Å². The van der Waals surface area contributed by atoms with Gasteiger partial charge in [-0.15, -0.1) is 6.58 Å². The first kappa shape index (κ1) is 20.8. The molecule has 1 rings (SSSR count). The molecule has 0 aliphatic heterocycles. The first-order valence-corrected chi connectivity index (χ1v) is 8.00. The zero-order valence-corrected chi connectivity index (χ0v) is 15.3. The van der Waals surface area contributed by atoms with E-state index in [9.17, 15) is 19.5 Å². The highest BCUT2D eigenvalue weighted by Crippen LogP contribution is 2.45. The lowest BCUT2D eigenvalue weighted by Crippen LogP contribution is -2.44. The van der Waals surface area contributed by atoms with E-state index in [0.29, 0.717) is 17.6 Å². The molecular weight excluding hydrogens is 324 g/mol. The van der Waals surface area contributed by atoms with Crippen LogP contribution in [0.15, 0.2) is 36.5 Å². The molecule has 0 saturated heterocycles. The Labute approximate surface area is 148 Å². The standard InChI is InChI=1S/C19H26O6/c1-7-18(5)16(12(2)10-24-13(3)20)8-15(9-17(18)22)19(6,23)11-25-14(4)21/h7,9,16,23H,1-2,8,10-11H2,3-6H3. The number of ether oxygens (including phenoxy) is 2. The fraction of sp³-hybridized carbons (Fsp3) is 0.526. The summed E-state index contributed by atoms with van der Waals surface area (Å²) in [5, 5.41) is 10.6. The van der Waals surface area contributed by atoms with E-state index >= 15 is 0 Å². The summed E-state index contributed by atoms with van der Waals surface area (Å²) in [6, 6.07) is 0. The number of aliphatic hydroxyl groups is 1. The van der Waals surface area contributed by atoms with Crippen molar-refractivity contribution in [3.8, 4) is 0 Å². The lowest BCUT2D eigenvalue weighted by Gasteiger charge is -2.41. The predicted octanol–water partition coefficient (Wildman–Crippen LogP) is 2.13. The largest absolute Gasteiger partial charge is 0.462 e. The Morgan fingerprint density at radius 2 is 1.96 bits per heavy atom. The van der Waals surface area contributed by atoms with Gasteiger partial charge in [-0.25, -0.2) is 0 Å². The van der Waals surface area contributed by atoms with Gasteiger partial charge in [-0.3, -0.25) is 14.4 Å². The van der Waals surface area contributed by atoms with E-state index in [1.807, 2.05) is 0 Å². The topological polar surface area (TPSA) is 89.9 Å². The maximum Gasteiger partial charge on any atom is 0.302 e. The summed E-state index contributed by atoms with van der Waals surface area (Å²) in [7, 11) is 0. The number of carbonyl (C=O) groups is 3. The van der Waals surface area contributed by atoms with Gasteiger partial charge in [-0.1, -0.05) is 12.7 Å². The molecule has 1 aliphatic rings. The molecule has 3 unspecified atom stereocenters. The van der Waals surface area contributed by atoms with Gasteiger partial charge in [-0.05, 0) is 37.5 Å². The molecule has 1 N–H and O–H groups in total. The molecule has 6 heteroatoms. The SMILES string of the molecule is C=CC1(C)C(=O)C=C(C(C)(O)COC(C)=O)CC1C(=C)COC(C)=O. The van der Waals surface area contributed by atoms with Crippen LogP contribution in [0.5, 0.6) is 0 Å². The van der Waals surface area contributed by atoms with Crippen molar-refractivity contribution in [3.63, 3.8) is 0 Å². The minimum Gasteiger partial charge on any atom is -0.462 e. The summed E-state index contributed by atoms with van der Waals surface area (Å²) in [6.45, 7) is 13.2. The molecule has 0 radical (unpaired) electrons. The number of ketones is 1. The molecule has 0 aromatic heterocycles. The third-order valence-corrected chi connectivity index (χ3v) is 4.61. The molecule has 0 saturated carbocycles. The summed E-state index contributed by atoms with van der Waals surface area (Å²) in [5.74, 6) is -1.60. The first-order valence-electron chi connectivity index (χ1n) is 8.00. The highest BCUT2D eigenvalue weighted by atomic mass is 16.5. The van der Waals surface area contributed by atoms with Gasteiger partial charge in [0.05, 0.1) is 5.41 Å². The average molecular weight is 350 g/mol. The van der Waals surface area contributed by atoms with Gasteiger partial charge < -0.3 is 14.6 Å². The van der Waals surface area contributed by atoms with Gasteiger partial charge in [0.1, 0.15) is 18.8 Å². The van der Waals surface area contributed by atoms with E-state index in [0.717, 1.165) is 0 Å². The molecular formula is C19H26O6. The van der Waals surface area contributed by atoms with Crippen LogP contribution in [-0.2, 0) is 23.9 Å². The summed E-state index contributed by atoms with van der Waals surface area (Å²) in [5.41, 5.74) is -1.41. The van der Waals surface area contributed by atoms with Crippen molar-refractivity contribution in [2.24, 2.45) is 11.3 Å². The van der Waals surface area contributed by atoms with Crippen molar-refractivity contribution in [1.29, 1.82) is 0 Å². The maximum absolute atomic E-state index is 12.7. The number of carbonyl (C=O) groups excluding carboxylic acids is 3. The van der Waals surface area contributed by atoms with Gasteiger partial charge in [0.25, 0.3) is 0 Å². The molecule has 138 valence electrons. The van der Waals surface area contributed by atoms with Crippen molar-refractivity contribution in [2.75, 3.05) is 13.2 Å². The molecule has 0 bridgehead atoms. The maximum atomic E-state index is 12.7. The smallest absolute Gasteiger partial charge is 0.302 e. The Bertz CT molecular complexity index is 628. The number of allylic oxidation sites excluding steroid dienone is 2. The van der Waals surface area contributed by atoms with Gasteiger partial charge in [-0.2, -0.15) is 0 Å². The zero-order chi connectivity index (χ0) is 19.4. The Morgan fingerprint density at radius 3 is 2.44 bits per heavy atom. The lowest BCUT2D eigenvalue weighted by molar-refractivity contribution is -0.146. The Morgan fingerprint density at radius 1 is 1.40 bits per heavy atom. The van der Waals surface area contributed by atoms with Crippen LogP contribution < -0.4 is 0 Å². The van der Waals surface area contributed by atoms with E-state index in [1.54, 1.807) is 13.0 Å². The molecule has 0 fully saturated rings. The molecule has 1 aliphatic carbocycles.